The number of hydrogen-bond donors (Lipinski definition) is 0. The highest BCUT2D eigenvalue weighted by molar-refractivity contribution is 5.88. The lowest BCUT2D eigenvalue weighted by Crippen LogP contribution is -2.10. The van der Waals surface area contributed by atoms with E-state index in [0.717, 1.165) is 23.3 Å². The van der Waals surface area contributed by atoms with E-state index in [-0.39, 0.29) is 5.41 Å². The van der Waals surface area contributed by atoms with Crippen molar-refractivity contribution in [3.8, 4) is 11.3 Å². The number of benzene rings is 3. The van der Waals surface area contributed by atoms with Crippen LogP contribution in [0.2, 0.25) is 0 Å². The number of rotatable bonds is 3. The monoisotopic (exact) mass is 354 g/mol. The maximum atomic E-state index is 6.29. The molecular formula is C26H26O. The minimum absolute atomic E-state index is 0.174. The summed E-state index contributed by atoms with van der Waals surface area (Å²) in [5.74, 6) is 0.982. The van der Waals surface area contributed by atoms with Crippen LogP contribution in [0.5, 0.6) is 0 Å². The van der Waals surface area contributed by atoms with Crippen molar-refractivity contribution in [1.29, 1.82) is 0 Å². The largest absolute Gasteiger partial charge is 0.456 e. The quantitative estimate of drug-likeness (QED) is 0.376. The summed E-state index contributed by atoms with van der Waals surface area (Å²) in [6.07, 6.45) is 0.866. The van der Waals surface area contributed by atoms with Crippen molar-refractivity contribution in [3.63, 3.8) is 0 Å². The molecule has 0 aliphatic heterocycles. The zero-order valence-electron chi connectivity index (χ0n) is 16.5. The Kier molecular flexibility index (Phi) is 4.39. The van der Waals surface area contributed by atoms with Crippen LogP contribution in [0.25, 0.3) is 22.3 Å². The lowest BCUT2D eigenvalue weighted by Gasteiger charge is -2.19. The van der Waals surface area contributed by atoms with Crippen molar-refractivity contribution in [2.75, 3.05) is 0 Å². The van der Waals surface area contributed by atoms with Gasteiger partial charge in [0.25, 0.3) is 0 Å². The van der Waals surface area contributed by atoms with Gasteiger partial charge >= 0.3 is 0 Å². The van der Waals surface area contributed by atoms with Crippen LogP contribution in [0, 0.1) is 6.92 Å². The van der Waals surface area contributed by atoms with E-state index in [1.165, 1.54) is 27.6 Å². The van der Waals surface area contributed by atoms with E-state index in [4.69, 9.17) is 4.42 Å². The SMILES string of the molecule is Cc1ccc2oc(-c3ccccc3)c(Cc3ccc(C(C)(C)C)cc3)c2c1. The second-order valence-electron chi connectivity index (χ2n) is 8.40. The van der Waals surface area contributed by atoms with Gasteiger partial charge in [0, 0.05) is 22.9 Å². The minimum atomic E-state index is 0.174. The summed E-state index contributed by atoms with van der Waals surface area (Å²) in [7, 11) is 0. The Labute approximate surface area is 161 Å². The standard InChI is InChI=1S/C26H26O/c1-18-10-15-24-22(16-18)23(25(27-24)20-8-6-5-7-9-20)17-19-11-13-21(14-12-19)26(2,3)4/h5-16H,17H2,1-4H3. The Morgan fingerprint density at radius 2 is 1.52 bits per heavy atom. The zero-order chi connectivity index (χ0) is 19.0. The summed E-state index contributed by atoms with van der Waals surface area (Å²) < 4.78 is 6.29. The normalized spacial score (nSPS) is 11.9. The van der Waals surface area contributed by atoms with E-state index in [0.29, 0.717) is 0 Å². The first-order valence-electron chi connectivity index (χ1n) is 9.59. The van der Waals surface area contributed by atoms with Crippen molar-refractivity contribution in [2.45, 2.75) is 39.5 Å². The first kappa shape index (κ1) is 17.6. The third kappa shape index (κ3) is 3.55. The molecule has 0 radical (unpaired) electrons. The Morgan fingerprint density at radius 3 is 2.19 bits per heavy atom. The van der Waals surface area contributed by atoms with Gasteiger partial charge in [-0.05, 0) is 35.6 Å². The van der Waals surface area contributed by atoms with Crippen LogP contribution < -0.4 is 0 Å². The lowest BCUT2D eigenvalue weighted by atomic mass is 9.86. The van der Waals surface area contributed by atoms with Gasteiger partial charge in [-0.15, -0.1) is 0 Å². The highest BCUT2D eigenvalue weighted by Crippen LogP contribution is 2.36. The molecule has 0 fully saturated rings. The van der Waals surface area contributed by atoms with Crippen molar-refractivity contribution in [3.05, 3.63) is 95.1 Å². The number of furan rings is 1. The Bertz CT molecular complexity index is 1060. The molecule has 0 N–H and O–H groups in total. The lowest BCUT2D eigenvalue weighted by molar-refractivity contribution is 0.590. The average Bonchev–Trinajstić information content (AvgIpc) is 3.00. The second kappa shape index (κ2) is 6.74. The highest BCUT2D eigenvalue weighted by atomic mass is 16.3. The molecular weight excluding hydrogens is 328 g/mol. The van der Waals surface area contributed by atoms with Gasteiger partial charge in [-0.1, -0.05) is 87.0 Å². The molecule has 0 aliphatic carbocycles. The van der Waals surface area contributed by atoms with E-state index in [1.54, 1.807) is 0 Å². The van der Waals surface area contributed by atoms with Crippen LogP contribution in [-0.2, 0) is 11.8 Å². The van der Waals surface area contributed by atoms with Gasteiger partial charge in [-0.3, -0.25) is 0 Å². The molecule has 0 atom stereocenters. The van der Waals surface area contributed by atoms with Crippen LogP contribution in [0.1, 0.15) is 43.0 Å². The average molecular weight is 354 g/mol. The molecule has 0 aliphatic rings. The van der Waals surface area contributed by atoms with Crippen LogP contribution in [0.15, 0.2) is 77.2 Å². The van der Waals surface area contributed by atoms with Crippen LogP contribution in [0.3, 0.4) is 0 Å². The molecule has 1 aromatic heterocycles. The molecule has 0 bridgehead atoms. The van der Waals surface area contributed by atoms with E-state index in [1.807, 2.05) is 6.07 Å². The summed E-state index contributed by atoms with van der Waals surface area (Å²) in [5, 5.41) is 1.22. The third-order valence-corrected chi connectivity index (χ3v) is 5.18. The fourth-order valence-corrected chi connectivity index (χ4v) is 3.59. The topological polar surface area (TPSA) is 13.1 Å². The molecule has 0 saturated carbocycles. The Balaban J connectivity index is 1.81. The van der Waals surface area contributed by atoms with Gasteiger partial charge in [0.1, 0.15) is 11.3 Å². The zero-order valence-corrected chi connectivity index (χ0v) is 16.5. The fourth-order valence-electron chi connectivity index (χ4n) is 3.59. The van der Waals surface area contributed by atoms with E-state index < -0.39 is 0 Å². The van der Waals surface area contributed by atoms with Gasteiger partial charge < -0.3 is 4.42 Å². The molecule has 3 aromatic carbocycles. The molecule has 1 heteroatoms. The molecule has 4 rings (SSSR count). The van der Waals surface area contributed by atoms with E-state index in [2.05, 4.69) is 94.4 Å². The summed E-state index contributed by atoms with van der Waals surface area (Å²) in [5.41, 5.74) is 7.46. The molecule has 0 saturated heterocycles. The Morgan fingerprint density at radius 1 is 0.815 bits per heavy atom. The van der Waals surface area contributed by atoms with Gasteiger partial charge in [0.2, 0.25) is 0 Å². The van der Waals surface area contributed by atoms with Crippen molar-refractivity contribution in [1.82, 2.24) is 0 Å². The molecule has 0 spiro atoms. The maximum Gasteiger partial charge on any atom is 0.138 e. The van der Waals surface area contributed by atoms with E-state index >= 15 is 0 Å². The maximum absolute atomic E-state index is 6.29. The highest BCUT2D eigenvalue weighted by Gasteiger charge is 2.17. The first-order valence-corrected chi connectivity index (χ1v) is 9.59. The summed E-state index contributed by atoms with van der Waals surface area (Å²) in [6, 6.07) is 25.9. The van der Waals surface area contributed by atoms with Gasteiger partial charge in [-0.25, -0.2) is 0 Å². The number of hydrogen-bond acceptors (Lipinski definition) is 1. The predicted molar refractivity (Wildman–Crippen MR) is 114 cm³/mol. The van der Waals surface area contributed by atoms with E-state index in [9.17, 15) is 0 Å². The molecule has 27 heavy (non-hydrogen) atoms. The van der Waals surface area contributed by atoms with Gasteiger partial charge in [0.05, 0.1) is 0 Å². The van der Waals surface area contributed by atoms with Crippen molar-refractivity contribution < 1.29 is 4.42 Å². The summed E-state index contributed by atoms with van der Waals surface area (Å²) in [6.45, 7) is 8.89. The first-order chi connectivity index (χ1) is 12.9. The molecule has 1 heterocycles. The van der Waals surface area contributed by atoms with Crippen LogP contribution in [-0.4, -0.2) is 0 Å². The summed E-state index contributed by atoms with van der Waals surface area (Å²) in [4.78, 5) is 0. The summed E-state index contributed by atoms with van der Waals surface area (Å²) >= 11 is 0. The smallest absolute Gasteiger partial charge is 0.138 e. The fraction of sp³-hybridized carbons (Fsp3) is 0.231. The van der Waals surface area contributed by atoms with Gasteiger partial charge in [-0.2, -0.15) is 0 Å². The molecule has 136 valence electrons. The van der Waals surface area contributed by atoms with Crippen LogP contribution in [0.4, 0.5) is 0 Å². The molecule has 0 unspecified atom stereocenters. The Hall–Kier alpha value is -2.80. The number of aryl methyl sites for hydroxylation is 1. The molecule has 1 nitrogen and oxygen atoms in total. The third-order valence-electron chi connectivity index (χ3n) is 5.18. The molecule has 4 aromatic rings. The molecule has 0 amide bonds. The van der Waals surface area contributed by atoms with Gasteiger partial charge in [0.15, 0.2) is 0 Å². The van der Waals surface area contributed by atoms with Crippen LogP contribution >= 0.6 is 0 Å². The predicted octanol–water partition coefficient (Wildman–Crippen LogP) is 7.30. The minimum Gasteiger partial charge on any atom is -0.456 e. The number of fused-ring (bicyclic) bond motifs is 1. The van der Waals surface area contributed by atoms with Crippen molar-refractivity contribution >= 4 is 11.0 Å². The second-order valence-corrected chi connectivity index (χ2v) is 8.40. The van der Waals surface area contributed by atoms with Crippen molar-refractivity contribution in [2.24, 2.45) is 0 Å².